The first-order valence-corrected chi connectivity index (χ1v) is 9.97. The van der Waals surface area contributed by atoms with Crippen molar-refractivity contribution in [1.82, 2.24) is 14.3 Å². The van der Waals surface area contributed by atoms with E-state index in [0.29, 0.717) is 0 Å². The van der Waals surface area contributed by atoms with Gasteiger partial charge in [-0.05, 0) is 49.8 Å². The van der Waals surface area contributed by atoms with Crippen molar-refractivity contribution in [1.29, 1.82) is 0 Å². The van der Waals surface area contributed by atoms with Crippen LogP contribution in [0.5, 0.6) is 0 Å². The second-order valence-corrected chi connectivity index (χ2v) is 8.56. The van der Waals surface area contributed by atoms with Crippen LogP contribution in [0.1, 0.15) is 37.1 Å². The van der Waals surface area contributed by atoms with E-state index in [9.17, 15) is 0 Å². The number of nitrogens with zero attached hydrogens (tertiary/aromatic N) is 3. The molecule has 2 N–H and O–H groups in total. The van der Waals surface area contributed by atoms with Crippen LogP contribution in [0.15, 0.2) is 36.5 Å². The van der Waals surface area contributed by atoms with Crippen LogP contribution >= 0.6 is 0 Å². The zero-order valence-corrected chi connectivity index (χ0v) is 16.9. The van der Waals surface area contributed by atoms with Gasteiger partial charge in [0.25, 0.3) is 0 Å². The maximum absolute atomic E-state index is 6.11. The number of hydrogen-bond donors (Lipinski definition) is 1. The summed E-state index contributed by atoms with van der Waals surface area (Å²) in [5, 5.41) is 0. The molecule has 1 saturated heterocycles. The van der Waals surface area contributed by atoms with Gasteiger partial charge in [-0.25, -0.2) is 4.98 Å². The van der Waals surface area contributed by atoms with Crippen molar-refractivity contribution in [2.75, 3.05) is 18.8 Å². The fourth-order valence-electron chi connectivity index (χ4n) is 4.69. The lowest BCUT2D eigenvalue weighted by atomic mass is 9.91. The smallest absolute Gasteiger partial charge is 0.137 e. The van der Waals surface area contributed by atoms with Crippen LogP contribution in [0.25, 0.3) is 16.9 Å². The Morgan fingerprint density at radius 1 is 1.07 bits per heavy atom. The minimum Gasteiger partial charge on any atom is -0.398 e. The maximum Gasteiger partial charge on any atom is 0.137 e. The van der Waals surface area contributed by atoms with Gasteiger partial charge in [-0.15, -0.1) is 0 Å². The lowest BCUT2D eigenvalue weighted by molar-refractivity contribution is 0.133. The Hall–Kier alpha value is -2.33. The number of hydrogen-bond acceptors (Lipinski definition) is 3. The summed E-state index contributed by atoms with van der Waals surface area (Å²) in [5.74, 6) is 1.48. The largest absolute Gasteiger partial charge is 0.398 e. The van der Waals surface area contributed by atoms with Crippen LogP contribution in [0.4, 0.5) is 5.69 Å². The summed E-state index contributed by atoms with van der Waals surface area (Å²) in [6.45, 7) is 12.2. The number of anilines is 1. The third-order valence-corrected chi connectivity index (χ3v) is 5.70. The molecule has 4 nitrogen and oxygen atoms in total. The molecule has 27 heavy (non-hydrogen) atoms. The number of imidazole rings is 1. The number of benzene rings is 1. The lowest BCUT2D eigenvalue weighted by Crippen LogP contribution is -2.38. The lowest BCUT2D eigenvalue weighted by Gasteiger charge is -2.35. The molecule has 2 aromatic heterocycles. The van der Waals surface area contributed by atoms with E-state index in [4.69, 9.17) is 10.7 Å². The molecule has 2 atom stereocenters. The molecule has 2 unspecified atom stereocenters. The van der Waals surface area contributed by atoms with Crippen molar-refractivity contribution in [3.63, 3.8) is 0 Å². The number of fused-ring (bicyclic) bond motifs is 1. The molecule has 3 heterocycles. The summed E-state index contributed by atoms with van der Waals surface area (Å²) in [6.07, 6.45) is 3.34. The Bertz CT molecular complexity index is 962. The Morgan fingerprint density at radius 2 is 1.81 bits per heavy atom. The molecule has 142 valence electrons. The van der Waals surface area contributed by atoms with Crippen LogP contribution in [-0.4, -0.2) is 27.4 Å². The second kappa shape index (κ2) is 7.01. The predicted molar refractivity (Wildman–Crippen MR) is 113 cm³/mol. The molecule has 1 aromatic carbocycles. The quantitative estimate of drug-likeness (QED) is 0.736. The van der Waals surface area contributed by atoms with E-state index in [1.165, 1.54) is 28.8 Å². The molecule has 4 rings (SSSR count). The van der Waals surface area contributed by atoms with E-state index < -0.39 is 0 Å². The second-order valence-electron chi connectivity index (χ2n) is 8.56. The summed E-state index contributed by atoms with van der Waals surface area (Å²) in [5.41, 5.74) is 13.9. The van der Waals surface area contributed by atoms with Crippen molar-refractivity contribution in [2.45, 2.75) is 40.7 Å². The van der Waals surface area contributed by atoms with Gasteiger partial charge in [0.1, 0.15) is 5.65 Å². The van der Waals surface area contributed by atoms with Gasteiger partial charge in [-0.2, -0.15) is 0 Å². The van der Waals surface area contributed by atoms with Gasteiger partial charge in [-0.1, -0.05) is 37.6 Å². The highest BCUT2D eigenvalue weighted by Gasteiger charge is 2.25. The van der Waals surface area contributed by atoms with Crippen LogP contribution in [-0.2, 0) is 6.54 Å². The summed E-state index contributed by atoms with van der Waals surface area (Å²) in [4.78, 5) is 7.58. The number of likely N-dealkylation sites (tertiary alicyclic amines) is 1. The molecule has 1 fully saturated rings. The topological polar surface area (TPSA) is 46.6 Å². The summed E-state index contributed by atoms with van der Waals surface area (Å²) >= 11 is 0. The first-order chi connectivity index (χ1) is 12.9. The molecule has 0 amide bonds. The van der Waals surface area contributed by atoms with Crippen molar-refractivity contribution in [3.8, 4) is 11.3 Å². The van der Waals surface area contributed by atoms with Crippen molar-refractivity contribution >= 4 is 11.3 Å². The van der Waals surface area contributed by atoms with Crippen LogP contribution in [0, 0.1) is 25.7 Å². The Labute approximate surface area is 162 Å². The Kier molecular flexibility index (Phi) is 4.68. The Balaban J connectivity index is 1.82. The molecule has 0 bridgehead atoms. The molecular weight excluding hydrogens is 332 g/mol. The van der Waals surface area contributed by atoms with E-state index >= 15 is 0 Å². The zero-order chi connectivity index (χ0) is 19.1. The zero-order valence-electron chi connectivity index (χ0n) is 16.9. The summed E-state index contributed by atoms with van der Waals surface area (Å²) in [6, 6.07) is 10.6. The SMILES string of the molecule is Cc1ccc(-c2nc3ccc(N)cn3c2CN2CC(C)CC(C)C2)c(C)c1. The minimum atomic E-state index is 0.738. The van der Waals surface area contributed by atoms with Gasteiger partial charge in [0.05, 0.1) is 11.4 Å². The van der Waals surface area contributed by atoms with E-state index in [-0.39, 0.29) is 0 Å². The van der Waals surface area contributed by atoms with E-state index in [0.717, 1.165) is 48.5 Å². The molecular formula is C23H30N4. The molecule has 1 aliphatic heterocycles. The first-order valence-electron chi connectivity index (χ1n) is 9.97. The van der Waals surface area contributed by atoms with Crippen molar-refractivity contribution < 1.29 is 0 Å². The molecule has 4 heteroatoms. The van der Waals surface area contributed by atoms with Gasteiger partial charge >= 0.3 is 0 Å². The highest BCUT2D eigenvalue weighted by Crippen LogP contribution is 2.31. The summed E-state index contributed by atoms with van der Waals surface area (Å²) < 4.78 is 2.19. The van der Waals surface area contributed by atoms with Gasteiger partial charge in [-0.3, -0.25) is 4.90 Å². The van der Waals surface area contributed by atoms with Crippen LogP contribution < -0.4 is 5.73 Å². The average molecular weight is 363 g/mol. The monoisotopic (exact) mass is 362 g/mol. The maximum atomic E-state index is 6.11. The van der Waals surface area contributed by atoms with Gasteiger partial charge in [0.15, 0.2) is 0 Å². The highest BCUT2D eigenvalue weighted by molar-refractivity contribution is 5.70. The van der Waals surface area contributed by atoms with E-state index in [2.05, 4.69) is 55.2 Å². The van der Waals surface area contributed by atoms with Crippen molar-refractivity contribution in [2.24, 2.45) is 11.8 Å². The Morgan fingerprint density at radius 3 is 2.52 bits per heavy atom. The van der Waals surface area contributed by atoms with E-state index in [1.54, 1.807) is 0 Å². The number of piperidine rings is 1. The standard InChI is InChI=1S/C23H30N4/c1-15-5-7-20(18(4)10-15)23-21(14-26-11-16(2)9-17(3)12-26)27-13-19(24)6-8-22(27)25-23/h5-8,10,13,16-17H,9,11-12,14,24H2,1-4H3. The van der Waals surface area contributed by atoms with Crippen molar-refractivity contribution in [3.05, 3.63) is 53.3 Å². The van der Waals surface area contributed by atoms with Gasteiger partial charge < -0.3 is 10.1 Å². The molecule has 3 aromatic rings. The fourth-order valence-corrected chi connectivity index (χ4v) is 4.69. The third-order valence-electron chi connectivity index (χ3n) is 5.70. The molecule has 0 radical (unpaired) electrons. The minimum absolute atomic E-state index is 0.738. The molecule has 1 aliphatic rings. The van der Waals surface area contributed by atoms with Crippen LogP contribution in [0.2, 0.25) is 0 Å². The fraction of sp³-hybridized carbons (Fsp3) is 0.435. The molecule has 0 spiro atoms. The van der Waals surface area contributed by atoms with E-state index in [1.807, 2.05) is 18.3 Å². The van der Waals surface area contributed by atoms with Gasteiger partial charge in [0.2, 0.25) is 0 Å². The normalized spacial score (nSPS) is 21.0. The highest BCUT2D eigenvalue weighted by atomic mass is 15.2. The van der Waals surface area contributed by atoms with Crippen LogP contribution in [0.3, 0.4) is 0 Å². The molecule has 0 saturated carbocycles. The number of nitrogen functional groups attached to an aromatic ring is 1. The average Bonchev–Trinajstić information content (AvgIpc) is 2.92. The van der Waals surface area contributed by atoms with Gasteiger partial charge in [0, 0.05) is 37.1 Å². The number of rotatable bonds is 3. The number of pyridine rings is 1. The number of aryl methyl sites for hydroxylation is 2. The third kappa shape index (κ3) is 3.59. The summed E-state index contributed by atoms with van der Waals surface area (Å²) in [7, 11) is 0. The number of aromatic nitrogens is 2. The first kappa shape index (κ1) is 18.1. The predicted octanol–water partition coefficient (Wildman–Crippen LogP) is 4.68. The molecule has 0 aliphatic carbocycles. The number of nitrogens with two attached hydrogens (primary N) is 1.